The molecular weight excluding hydrogens is 94.0 g/mol. The van der Waals surface area contributed by atoms with Gasteiger partial charge in [-0.25, -0.2) is 5.90 Å². The van der Waals surface area contributed by atoms with Crippen LogP contribution in [-0.4, -0.2) is 17.8 Å². The molecule has 0 saturated heterocycles. The first kappa shape index (κ1) is 6.88. The Morgan fingerprint density at radius 1 is 1.86 bits per heavy atom. The predicted octanol–water partition coefficient (Wildman–Crippen LogP) is -0.352. The van der Waals surface area contributed by atoms with Crippen molar-refractivity contribution in [1.82, 2.24) is 0 Å². The smallest absolute Gasteiger partial charge is 0.0703 e. The van der Waals surface area contributed by atoms with Crippen LogP contribution in [0.5, 0.6) is 0 Å². The summed E-state index contributed by atoms with van der Waals surface area (Å²) in [6.45, 7) is 2.12. The highest BCUT2D eigenvalue weighted by Gasteiger charge is 1.91. The summed E-state index contributed by atoms with van der Waals surface area (Å²) in [5.41, 5.74) is 0. The maximum absolute atomic E-state index is 8.55. The van der Waals surface area contributed by atoms with Crippen LogP contribution in [0.4, 0.5) is 0 Å². The molecule has 3 heteroatoms. The number of rotatable bonds is 3. The summed E-state index contributed by atoms with van der Waals surface area (Å²) in [4.78, 5) is 4.19. The van der Waals surface area contributed by atoms with Gasteiger partial charge in [0.1, 0.15) is 0 Å². The van der Waals surface area contributed by atoms with E-state index in [1.165, 1.54) is 0 Å². The Bertz CT molecular complexity index is 38.7. The van der Waals surface area contributed by atoms with Crippen molar-refractivity contribution in [3.63, 3.8) is 0 Å². The number of aliphatic hydroxyl groups excluding tert-OH is 1. The zero-order valence-electron chi connectivity index (χ0n) is 4.42. The maximum Gasteiger partial charge on any atom is 0.0703 e. The molecule has 0 aromatic heterocycles. The van der Waals surface area contributed by atoms with Gasteiger partial charge in [0.2, 0.25) is 0 Å². The molecule has 44 valence electrons. The minimum Gasteiger partial charge on any atom is -0.393 e. The molecule has 3 nitrogen and oxygen atoms in total. The van der Waals surface area contributed by atoms with Gasteiger partial charge in [-0.05, 0) is 13.3 Å². The van der Waals surface area contributed by atoms with Gasteiger partial charge in [0.25, 0.3) is 0 Å². The lowest BCUT2D eigenvalue weighted by Gasteiger charge is -1.98. The molecule has 0 aliphatic carbocycles. The van der Waals surface area contributed by atoms with Crippen molar-refractivity contribution in [2.75, 3.05) is 6.61 Å². The van der Waals surface area contributed by atoms with Gasteiger partial charge in [-0.1, -0.05) is 0 Å². The second-order valence-electron chi connectivity index (χ2n) is 1.51. The summed E-state index contributed by atoms with van der Waals surface area (Å²) in [7, 11) is 0. The molecular formula is C4H11NO2. The Labute approximate surface area is 43.0 Å². The Morgan fingerprint density at radius 3 is 2.57 bits per heavy atom. The normalized spacial score (nSPS) is 14.1. The minimum atomic E-state index is -0.302. The molecule has 0 radical (unpaired) electrons. The van der Waals surface area contributed by atoms with E-state index in [0.29, 0.717) is 13.0 Å². The summed E-state index contributed by atoms with van der Waals surface area (Å²) in [5.74, 6) is 4.67. The fourth-order valence-electron chi connectivity index (χ4n) is 0.239. The fourth-order valence-corrected chi connectivity index (χ4v) is 0.239. The monoisotopic (exact) mass is 105 g/mol. The van der Waals surface area contributed by atoms with Crippen LogP contribution in [0.15, 0.2) is 0 Å². The van der Waals surface area contributed by atoms with Crippen LogP contribution in [0.25, 0.3) is 0 Å². The van der Waals surface area contributed by atoms with Crippen LogP contribution in [0, 0.1) is 0 Å². The van der Waals surface area contributed by atoms with Crippen LogP contribution in [0.3, 0.4) is 0 Å². The Morgan fingerprint density at radius 2 is 2.43 bits per heavy atom. The van der Waals surface area contributed by atoms with Gasteiger partial charge >= 0.3 is 0 Å². The van der Waals surface area contributed by atoms with Crippen molar-refractivity contribution < 1.29 is 9.94 Å². The average Bonchev–Trinajstić information content (AvgIpc) is 1.61. The number of hydrogen-bond acceptors (Lipinski definition) is 3. The third-order valence-electron chi connectivity index (χ3n) is 0.653. The van der Waals surface area contributed by atoms with E-state index in [1.54, 1.807) is 6.92 Å². The summed E-state index contributed by atoms with van der Waals surface area (Å²) in [5, 5.41) is 8.55. The van der Waals surface area contributed by atoms with Crippen molar-refractivity contribution in [2.24, 2.45) is 5.90 Å². The highest BCUT2D eigenvalue weighted by atomic mass is 16.6. The SMILES string of the molecule is CC(O)CCON. The number of nitrogens with two attached hydrogens (primary N) is 1. The lowest BCUT2D eigenvalue weighted by Crippen LogP contribution is -2.08. The molecule has 0 bridgehead atoms. The second-order valence-corrected chi connectivity index (χ2v) is 1.51. The van der Waals surface area contributed by atoms with Crippen molar-refractivity contribution >= 4 is 0 Å². The molecule has 0 heterocycles. The summed E-state index contributed by atoms with van der Waals surface area (Å²) < 4.78 is 0. The van der Waals surface area contributed by atoms with Gasteiger partial charge < -0.3 is 9.94 Å². The standard InChI is InChI=1S/C4H11NO2/c1-4(6)2-3-7-5/h4,6H,2-3,5H2,1H3. The molecule has 0 fully saturated rings. The molecule has 1 unspecified atom stereocenters. The summed E-state index contributed by atoms with van der Waals surface area (Å²) in [6, 6.07) is 0. The Balaban J connectivity index is 2.68. The number of hydrogen-bond donors (Lipinski definition) is 2. The van der Waals surface area contributed by atoms with E-state index in [2.05, 4.69) is 10.7 Å². The molecule has 3 N–H and O–H groups in total. The number of aliphatic hydroxyl groups is 1. The molecule has 0 aromatic rings. The lowest BCUT2D eigenvalue weighted by molar-refractivity contribution is 0.0903. The van der Waals surface area contributed by atoms with E-state index in [0.717, 1.165) is 0 Å². The highest BCUT2D eigenvalue weighted by molar-refractivity contribution is 4.41. The Hall–Kier alpha value is -0.120. The molecule has 7 heavy (non-hydrogen) atoms. The molecule has 0 rings (SSSR count). The largest absolute Gasteiger partial charge is 0.393 e. The topological polar surface area (TPSA) is 55.5 Å². The van der Waals surface area contributed by atoms with Gasteiger partial charge in [0.05, 0.1) is 12.7 Å². The first-order valence-corrected chi connectivity index (χ1v) is 2.27. The van der Waals surface area contributed by atoms with Crippen molar-refractivity contribution in [3.05, 3.63) is 0 Å². The van der Waals surface area contributed by atoms with Gasteiger partial charge in [0.15, 0.2) is 0 Å². The quantitative estimate of drug-likeness (QED) is 0.482. The first-order chi connectivity index (χ1) is 3.27. The fraction of sp³-hybridized carbons (Fsp3) is 1.00. The van der Waals surface area contributed by atoms with Crippen LogP contribution in [0.2, 0.25) is 0 Å². The van der Waals surface area contributed by atoms with Gasteiger partial charge in [0, 0.05) is 0 Å². The molecule has 0 spiro atoms. The van der Waals surface area contributed by atoms with Crippen LogP contribution in [-0.2, 0) is 4.84 Å². The third kappa shape index (κ3) is 5.88. The van der Waals surface area contributed by atoms with E-state index >= 15 is 0 Å². The van der Waals surface area contributed by atoms with Crippen molar-refractivity contribution in [2.45, 2.75) is 19.4 Å². The molecule has 0 saturated carbocycles. The van der Waals surface area contributed by atoms with Crippen LogP contribution < -0.4 is 5.90 Å². The van der Waals surface area contributed by atoms with E-state index in [1.807, 2.05) is 0 Å². The summed E-state index contributed by atoms with van der Waals surface area (Å²) >= 11 is 0. The van der Waals surface area contributed by atoms with Crippen molar-refractivity contribution in [1.29, 1.82) is 0 Å². The van der Waals surface area contributed by atoms with Crippen molar-refractivity contribution in [3.8, 4) is 0 Å². The van der Waals surface area contributed by atoms with E-state index < -0.39 is 0 Å². The van der Waals surface area contributed by atoms with E-state index in [4.69, 9.17) is 5.11 Å². The van der Waals surface area contributed by atoms with Crippen LogP contribution in [0.1, 0.15) is 13.3 Å². The Kier molecular flexibility index (Phi) is 3.98. The zero-order valence-corrected chi connectivity index (χ0v) is 4.42. The van der Waals surface area contributed by atoms with E-state index in [-0.39, 0.29) is 6.10 Å². The molecule has 0 aliphatic heterocycles. The van der Waals surface area contributed by atoms with Gasteiger partial charge in [-0.15, -0.1) is 0 Å². The summed E-state index contributed by atoms with van der Waals surface area (Å²) in [6.07, 6.45) is 0.305. The maximum atomic E-state index is 8.55. The molecule has 0 amide bonds. The van der Waals surface area contributed by atoms with Gasteiger partial charge in [-0.3, -0.25) is 0 Å². The van der Waals surface area contributed by atoms with Crippen LogP contribution >= 0.6 is 0 Å². The lowest BCUT2D eigenvalue weighted by atomic mass is 10.3. The molecule has 0 aliphatic rings. The highest BCUT2D eigenvalue weighted by Crippen LogP contribution is 1.85. The first-order valence-electron chi connectivity index (χ1n) is 2.27. The molecule has 0 aromatic carbocycles. The second kappa shape index (κ2) is 4.05. The van der Waals surface area contributed by atoms with Gasteiger partial charge in [-0.2, -0.15) is 0 Å². The minimum absolute atomic E-state index is 0.302. The molecule has 1 atom stereocenters. The third-order valence-corrected chi connectivity index (χ3v) is 0.653. The van der Waals surface area contributed by atoms with E-state index in [9.17, 15) is 0 Å². The average molecular weight is 105 g/mol. The predicted molar refractivity (Wildman–Crippen MR) is 26.4 cm³/mol. The zero-order chi connectivity index (χ0) is 5.70.